The molecular formula is C14H29N3O3. The molecular weight excluding hydrogens is 258 g/mol. The van der Waals surface area contributed by atoms with Crippen LogP contribution in [0.15, 0.2) is 0 Å². The van der Waals surface area contributed by atoms with E-state index >= 15 is 0 Å². The molecule has 2 N–H and O–H groups in total. The molecule has 0 aromatic carbocycles. The zero-order valence-corrected chi connectivity index (χ0v) is 12.4. The first-order chi connectivity index (χ1) is 9.70. The van der Waals surface area contributed by atoms with E-state index in [1.165, 1.54) is 83.7 Å². The summed E-state index contributed by atoms with van der Waals surface area (Å²) in [5.41, 5.74) is 3.67. The van der Waals surface area contributed by atoms with Crippen molar-refractivity contribution in [1.82, 2.24) is 10.4 Å². The fourth-order valence-corrected chi connectivity index (χ4v) is 3.12. The second kappa shape index (κ2) is 10.9. The summed E-state index contributed by atoms with van der Waals surface area (Å²) in [6.07, 6.45) is 15.8. The molecule has 20 heavy (non-hydrogen) atoms. The van der Waals surface area contributed by atoms with E-state index in [4.69, 9.17) is 15.3 Å². The minimum Gasteiger partial charge on any atom is -0.328 e. The van der Waals surface area contributed by atoms with Crippen molar-refractivity contribution in [2.45, 2.75) is 76.7 Å². The summed E-state index contributed by atoms with van der Waals surface area (Å²) in [6, 6.07) is 0.832. The first-order valence-corrected chi connectivity index (χ1v) is 8.03. The number of hydrazine groups is 1. The highest BCUT2D eigenvalue weighted by atomic mass is 16.9. The molecule has 1 saturated carbocycles. The number of rotatable bonds is 1. The van der Waals surface area contributed by atoms with Crippen LogP contribution in [-0.2, 0) is 0 Å². The average Bonchev–Trinajstić information content (AvgIpc) is 2.28. The third-order valence-electron chi connectivity index (χ3n) is 4.16. The topological polar surface area (TPSA) is 78.6 Å². The Bertz CT molecular complexity index is 224. The molecule has 0 spiro atoms. The Morgan fingerprint density at radius 2 is 1.45 bits per heavy atom. The van der Waals surface area contributed by atoms with E-state index in [0.717, 1.165) is 6.04 Å². The normalized spacial score (nSPS) is 23.4. The zero-order chi connectivity index (χ0) is 14.6. The molecule has 2 fully saturated rings. The van der Waals surface area contributed by atoms with Crippen LogP contribution in [0.2, 0.25) is 0 Å². The zero-order valence-electron chi connectivity index (χ0n) is 12.4. The summed E-state index contributed by atoms with van der Waals surface area (Å²) < 4.78 is 0. The highest BCUT2D eigenvalue weighted by molar-refractivity contribution is 4.72. The maximum atomic E-state index is 8.36. The van der Waals surface area contributed by atoms with E-state index in [1.54, 1.807) is 0 Å². The molecule has 1 aliphatic carbocycles. The van der Waals surface area contributed by atoms with Gasteiger partial charge in [0, 0.05) is 19.1 Å². The minimum atomic E-state index is -1.50. The summed E-state index contributed by atoms with van der Waals surface area (Å²) in [7, 11) is 0. The maximum Gasteiger partial charge on any atom is 0.291 e. The molecule has 118 valence electrons. The van der Waals surface area contributed by atoms with Gasteiger partial charge in [-0.1, -0.05) is 44.9 Å². The van der Waals surface area contributed by atoms with Gasteiger partial charge in [-0.25, -0.2) is 5.01 Å². The molecule has 1 aliphatic heterocycles. The van der Waals surface area contributed by atoms with Gasteiger partial charge in [-0.2, -0.15) is 0 Å². The summed E-state index contributed by atoms with van der Waals surface area (Å²) in [5.74, 6) is 0. The van der Waals surface area contributed by atoms with Crippen molar-refractivity contribution in [1.29, 1.82) is 0 Å². The van der Waals surface area contributed by atoms with E-state index in [9.17, 15) is 0 Å². The minimum absolute atomic E-state index is 0.832. The standard InChI is InChI=1S/C14H28N2.HNO3/c1-2-6-10-14(11-7-3-1)16-13-9-5-4-8-12-15-16;2-1(3)4/h14-15H,1-13H2;(H,2,3,4). The molecule has 0 unspecified atom stereocenters. The molecule has 6 nitrogen and oxygen atoms in total. The van der Waals surface area contributed by atoms with Gasteiger partial charge in [0.2, 0.25) is 0 Å². The summed E-state index contributed by atoms with van der Waals surface area (Å²) in [4.78, 5) is 8.36. The van der Waals surface area contributed by atoms with Crippen LogP contribution in [0.1, 0.15) is 70.6 Å². The van der Waals surface area contributed by atoms with Crippen molar-refractivity contribution in [3.05, 3.63) is 10.1 Å². The number of nitrogens with one attached hydrogen (secondary N) is 1. The van der Waals surface area contributed by atoms with Crippen LogP contribution in [0.5, 0.6) is 0 Å². The lowest BCUT2D eigenvalue weighted by molar-refractivity contribution is -0.742. The second-order valence-corrected chi connectivity index (χ2v) is 5.75. The lowest BCUT2D eigenvalue weighted by atomic mass is 9.96. The molecule has 1 saturated heterocycles. The molecule has 2 aliphatic rings. The van der Waals surface area contributed by atoms with Gasteiger partial charge in [-0.15, -0.1) is 10.1 Å². The van der Waals surface area contributed by atoms with Crippen LogP contribution in [0, 0.1) is 10.1 Å². The van der Waals surface area contributed by atoms with Crippen molar-refractivity contribution < 1.29 is 10.3 Å². The average molecular weight is 287 g/mol. The SMILES string of the molecule is C1CCCC(N2CCCCCCN2)CCC1.O=[N+]([O-])O. The van der Waals surface area contributed by atoms with Crippen LogP contribution in [0.25, 0.3) is 0 Å². The molecule has 0 amide bonds. The quantitative estimate of drug-likeness (QED) is 0.572. The van der Waals surface area contributed by atoms with E-state index in [0.29, 0.717) is 0 Å². The molecule has 0 aromatic heterocycles. The van der Waals surface area contributed by atoms with E-state index in [1.807, 2.05) is 0 Å². The fraction of sp³-hybridized carbons (Fsp3) is 1.00. The van der Waals surface area contributed by atoms with Crippen LogP contribution in [-0.4, -0.2) is 34.4 Å². The maximum absolute atomic E-state index is 8.36. The first-order valence-electron chi connectivity index (χ1n) is 8.03. The van der Waals surface area contributed by atoms with Gasteiger partial charge < -0.3 is 5.21 Å². The monoisotopic (exact) mass is 287 g/mol. The Labute approximate surface area is 121 Å². The first kappa shape index (κ1) is 17.2. The van der Waals surface area contributed by atoms with Crippen molar-refractivity contribution in [3.8, 4) is 0 Å². The summed E-state index contributed by atoms with van der Waals surface area (Å²) in [5, 5.41) is 16.2. The molecule has 0 atom stereocenters. The lowest BCUT2D eigenvalue weighted by Crippen LogP contribution is -2.47. The van der Waals surface area contributed by atoms with Gasteiger partial charge in [-0.3, -0.25) is 5.43 Å². The van der Waals surface area contributed by atoms with Crippen LogP contribution < -0.4 is 5.43 Å². The smallest absolute Gasteiger partial charge is 0.291 e. The summed E-state index contributed by atoms with van der Waals surface area (Å²) >= 11 is 0. The van der Waals surface area contributed by atoms with Crippen molar-refractivity contribution in [3.63, 3.8) is 0 Å². The number of hydrogen-bond donors (Lipinski definition) is 2. The highest BCUT2D eigenvalue weighted by Gasteiger charge is 2.19. The molecule has 0 radical (unpaired) electrons. The van der Waals surface area contributed by atoms with Gasteiger partial charge in [0.15, 0.2) is 0 Å². The Morgan fingerprint density at radius 3 is 2.10 bits per heavy atom. The molecule has 0 bridgehead atoms. The van der Waals surface area contributed by atoms with E-state index in [-0.39, 0.29) is 0 Å². The van der Waals surface area contributed by atoms with Crippen LogP contribution in [0.3, 0.4) is 0 Å². The number of nitrogens with zero attached hydrogens (tertiary/aromatic N) is 2. The van der Waals surface area contributed by atoms with Crippen molar-refractivity contribution in [2.24, 2.45) is 0 Å². The van der Waals surface area contributed by atoms with Crippen LogP contribution >= 0.6 is 0 Å². The Balaban J connectivity index is 0.000000444. The molecule has 0 aromatic rings. The molecule has 6 heteroatoms. The molecule has 1 heterocycles. The van der Waals surface area contributed by atoms with Gasteiger partial charge in [0.25, 0.3) is 5.09 Å². The van der Waals surface area contributed by atoms with Gasteiger partial charge >= 0.3 is 0 Å². The highest BCUT2D eigenvalue weighted by Crippen LogP contribution is 2.21. The van der Waals surface area contributed by atoms with Crippen LogP contribution in [0.4, 0.5) is 0 Å². The largest absolute Gasteiger partial charge is 0.328 e. The van der Waals surface area contributed by atoms with Crippen molar-refractivity contribution in [2.75, 3.05) is 13.1 Å². The van der Waals surface area contributed by atoms with E-state index in [2.05, 4.69) is 10.4 Å². The number of hydrogen-bond acceptors (Lipinski definition) is 4. The second-order valence-electron chi connectivity index (χ2n) is 5.75. The predicted octanol–water partition coefficient (Wildman–Crippen LogP) is 3.13. The Hall–Kier alpha value is -0.880. The van der Waals surface area contributed by atoms with Gasteiger partial charge in [0.1, 0.15) is 0 Å². The van der Waals surface area contributed by atoms with Crippen molar-refractivity contribution >= 4 is 0 Å². The van der Waals surface area contributed by atoms with E-state index < -0.39 is 5.09 Å². The third-order valence-corrected chi connectivity index (χ3v) is 4.16. The molecule has 2 rings (SSSR count). The van der Waals surface area contributed by atoms with Gasteiger partial charge in [-0.05, 0) is 25.7 Å². The predicted molar refractivity (Wildman–Crippen MR) is 78.1 cm³/mol. The third kappa shape index (κ3) is 8.32. The Morgan fingerprint density at radius 1 is 0.950 bits per heavy atom. The van der Waals surface area contributed by atoms with Gasteiger partial charge in [0.05, 0.1) is 0 Å². The lowest BCUT2D eigenvalue weighted by Gasteiger charge is -2.34. The fourth-order valence-electron chi connectivity index (χ4n) is 3.12. The summed E-state index contributed by atoms with van der Waals surface area (Å²) in [6.45, 7) is 2.49. The Kier molecular flexibility index (Phi) is 9.32.